The monoisotopic (exact) mass is 490 g/mol. The second kappa shape index (κ2) is 8.57. The molecule has 0 unspecified atom stereocenters. The summed E-state index contributed by atoms with van der Waals surface area (Å²) in [4.78, 5) is 21.8. The Kier molecular flexibility index (Phi) is 6.12. The molecule has 0 radical (unpaired) electrons. The van der Waals surface area contributed by atoms with Gasteiger partial charge >= 0.3 is 12.1 Å². The second-order valence-electron chi connectivity index (χ2n) is 8.03. The Bertz CT molecular complexity index is 1070. The predicted octanol–water partition coefficient (Wildman–Crippen LogP) is 4.79. The third-order valence-electron chi connectivity index (χ3n) is 5.90. The van der Waals surface area contributed by atoms with Gasteiger partial charge in [0.15, 0.2) is 11.4 Å². The molecular weight excluding hydrogens is 472 g/mol. The highest BCUT2D eigenvalue weighted by Gasteiger charge is 2.52. The zero-order valence-electron chi connectivity index (χ0n) is 16.6. The van der Waals surface area contributed by atoms with Crippen LogP contribution in [0.25, 0.3) is 10.8 Å². The van der Waals surface area contributed by atoms with E-state index in [1.54, 1.807) is 6.20 Å². The van der Waals surface area contributed by atoms with Crippen LogP contribution in [0.1, 0.15) is 19.3 Å². The Hall–Kier alpha value is -2.30. The van der Waals surface area contributed by atoms with E-state index in [1.165, 1.54) is 25.9 Å². The van der Waals surface area contributed by atoms with Gasteiger partial charge in [-0.2, -0.15) is 13.2 Å². The summed E-state index contributed by atoms with van der Waals surface area (Å²) in [6.07, 6.45) is -0.0674. The summed E-state index contributed by atoms with van der Waals surface area (Å²) in [6.45, 7) is 3.35. The summed E-state index contributed by atoms with van der Waals surface area (Å²) in [7, 11) is 0. The van der Waals surface area contributed by atoms with Crippen molar-refractivity contribution in [3.63, 3.8) is 0 Å². The molecule has 2 aromatic rings. The number of halogens is 5. The van der Waals surface area contributed by atoms with Gasteiger partial charge in [-0.3, -0.25) is 4.90 Å². The van der Waals surface area contributed by atoms with Gasteiger partial charge in [-0.05, 0) is 49.5 Å². The number of hydrogen-bond acceptors (Lipinski definition) is 6. The van der Waals surface area contributed by atoms with Gasteiger partial charge < -0.3 is 15.3 Å². The minimum Gasteiger partial charge on any atom is -0.475 e. The lowest BCUT2D eigenvalue weighted by Crippen LogP contribution is -2.59. The highest BCUT2D eigenvalue weighted by molar-refractivity contribution is 6.42. The first-order chi connectivity index (χ1) is 15.1. The first-order valence-corrected chi connectivity index (χ1v) is 10.6. The van der Waals surface area contributed by atoms with Crippen molar-refractivity contribution in [2.75, 3.05) is 25.0 Å². The quantitative estimate of drug-likeness (QED) is 0.597. The SMILES string of the molecule is Clc1cc2cnc(NC3=NO[C@@]4(C3)CN3CCC4CC3)cc2cc1Cl.O=C(O)C(F)(F)F. The number of fused-ring (bicyclic) bond motifs is 3. The van der Waals surface area contributed by atoms with E-state index >= 15 is 0 Å². The summed E-state index contributed by atoms with van der Waals surface area (Å²) in [5.74, 6) is -0.564. The number of rotatable bonds is 1. The van der Waals surface area contributed by atoms with Crippen LogP contribution in [0.3, 0.4) is 0 Å². The Morgan fingerprint density at radius 2 is 1.81 bits per heavy atom. The van der Waals surface area contributed by atoms with E-state index in [0.29, 0.717) is 16.0 Å². The molecule has 2 bridgehead atoms. The molecule has 172 valence electrons. The molecule has 0 aliphatic carbocycles. The van der Waals surface area contributed by atoms with Crippen molar-refractivity contribution in [2.24, 2.45) is 11.1 Å². The van der Waals surface area contributed by atoms with Gasteiger partial charge in [-0.1, -0.05) is 28.4 Å². The standard InChI is InChI=1S/C18H18Cl2N4O.C2HF3O2/c19-14-5-11-7-16(21-9-12(11)6-15(14)20)22-17-8-18(25-23-17)10-24-3-1-13(18)2-4-24;3-2(4,5)1(6)7/h5-7,9,13H,1-4,8,10H2,(H,21,22,23);(H,6,7)/t18-;/m0./s1. The number of aromatic nitrogens is 1. The van der Waals surface area contributed by atoms with E-state index in [1.807, 2.05) is 18.2 Å². The number of carbonyl (C=O) groups is 1. The summed E-state index contributed by atoms with van der Waals surface area (Å²) < 4.78 is 31.7. The fourth-order valence-electron chi connectivity index (χ4n) is 4.34. The molecule has 5 heterocycles. The summed E-state index contributed by atoms with van der Waals surface area (Å²) in [6, 6.07) is 5.64. The molecule has 1 aromatic carbocycles. The maximum Gasteiger partial charge on any atom is 0.490 e. The third-order valence-corrected chi connectivity index (χ3v) is 6.63. The van der Waals surface area contributed by atoms with Crippen LogP contribution in [0.15, 0.2) is 29.6 Å². The molecule has 2 N–H and O–H groups in total. The number of aliphatic carboxylic acids is 1. The fourth-order valence-corrected chi connectivity index (χ4v) is 4.69. The largest absolute Gasteiger partial charge is 0.490 e. The Balaban J connectivity index is 0.000000307. The molecule has 1 aromatic heterocycles. The Morgan fingerprint density at radius 1 is 1.19 bits per heavy atom. The Labute approximate surface area is 191 Å². The lowest BCUT2D eigenvalue weighted by atomic mass is 9.73. The van der Waals surface area contributed by atoms with Crippen LogP contribution >= 0.6 is 23.2 Å². The van der Waals surface area contributed by atoms with Crippen molar-refractivity contribution in [3.05, 3.63) is 34.4 Å². The minimum absolute atomic E-state index is 0.146. The minimum atomic E-state index is -5.08. The zero-order valence-corrected chi connectivity index (χ0v) is 18.1. The number of nitrogens with zero attached hydrogens (tertiary/aromatic N) is 3. The normalized spacial score (nSPS) is 26.3. The number of amidine groups is 1. The summed E-state index contributed by atoms with van der Waals surface area (Å²) in [5.41, 5.74) is -0.146. The molecule has 3 fully saturated rings. The number of alkyl halides is 3. The number of anilines is 1. The van der Waals surface area contributed by atoms with Crippen LogP contribution in [0, 0.1) is 5.92 Å². The number of carboxylic acid groups (broad SMARTS) is 1. The number of hydrogen-bond donors (Lipinski definition) is 2. The maximum absolute atomic E-state index is 10.6. The van der Waals surface area contributed by atoms with Gasteiger partial charge in [0, 0.05) is 24.0 Å². The molecule has 4 aliphatic rings. The number of benzene rings is 1. The lowest BCUT2D eigenvalue weighted by Gasteiger charge is -2.49. The lowest BCUT2D eigenvalue weighted by molar-refractivity contribution is -0.192. The van der Waals surface area contributed by atoms with Crippen LogP contribution in [-0.2, 0) is 9.63 Å². The molecule has 0 saturated carbocycles. The average molecular weight is 491 g/mol. The maximum atomic E-state index is 10.6. The number of nitrogens with one attached hydrogen (secondary N) is 1. The number of pyridine rings is 1. The van der Waals surface area contributed by atoms with Gasteiger partial charge in [0.1, 0.15) is 5.82 Å². The number of carboxylic acids is 1. The average Bonchev–Trinajstić information content (AvgIpc) is 3.11. The van der Waals surface area contributed by atoms with Gasteiger partial charge in [-0.15, -0.1) is 0 Å². The Morgan fingerprint density at radius 3 is 2.38 bits per heavy atom. The van der Waals surface area contributed by atoms with Crippen molar-refractivity contribution < 1.29 is 27.9 Å². The van der Waals surface area contributed by atoms with E-state index in [2.05, 4.69) is 20.4 Å². The smallest absolute Gasteiger partial charge is 0.475 e. The molecular formula is C20H19Cl2F3N4O3. The van der Waals surface area contributed by atoms with Gasteiger partial charge in [0.05, 0.1) is 16.5 Å². The zero-order chi connectivity index (χ0) is 23.1. The molecule has 3 saturated heterocycles. The highest BCUT2D eigenvalue weighted by atomic mass is 35.5. The molecule has 12 heteroatoms. The summed E-state index contributed by atoms with van der Waals surface area (Å²) >= 11 is 12.2. The van der Waals surface area contributed by atoms with E-state index < -0.39 is 12.1 Å². The summed E-state index contributed by atoms with van der Waals surface area (Å²) in [5, 5.41) is 17.8. The molecule has 1 spiro atoms. The van der Waals surface area contributed by atoms with Gasteiger partial charge in [0.2, 0.25) is 0 Å². The molecule has 32 heavy (non-hydrogen) atoms. The van der Waals surface area contributed by atoms with Gasteiger partial charge in [0.25, 0.3) is 0 Å². The number of piperidine rings is 3. The van der Waals surface area contributed by atoms with Crippen LogP contribution < -0.4 is 5.32 Å². The van der Waals surface area contributed by atoms with Crippen LogP contribution in [0.4, 0.5) is 19.0 Å². The topological polar surface area (TPSA) is 87.1 Å². The first-order valence-electron chi connectivity index (χ1n) is 9.85. The number of oxime groups is 1. The highest BCUT2D eigenvalue weighted by Crippen LogP contribution is 2.43. The van der Waals surface area contributed by atoms with Crippen molar-refractivity contribution in [3.8, 4) is 0 Å². The van der Waals surface area contributed by atoms with E-state index in [0.717, 1.165) is 35.4 Å². The van der Waals surface area contributed by atoms with Crippen LogP contribution in [0.2, 0.25) is 10.0 Å². The fraction of sp³-hybridized carbons (Fsp3) is 0.450. The molecule has 0 amide bonds. The second-order valence-corrected chi connectivity index (χ2v) is 8.85. The molecule has 6 rings (SSSR count). The molecule has 1 atom stereocenters. The molecule has 7 nitrogen and oxygen atoms in total. The van der Waals surface area contributed by atoms with Crippen molar-refractivity contribution in [1.29, 1.82) is 0 Å². The third kappa shape index (κ3) is 4.72. The predicted molar refractivity (Wildman–Crippen MR) is 114 cm³/mol. The van der Waals surface area contributed by atoms with Crippen molar-refractivity contribution in [1.82, 2.24) is 9.88 Å². The van der Waals surface area contributed by atoms with Crippen LogP contribution in [0.5, 0.6) is 0 Å². The van der Waals surface area contributed by atoms with E-state index in [9.17, 15) is 13.2 Å². The van der Waals surface area contributed by atoms with Gasteiger partial charge in [-0.25, -0.2) is 9.78 Å². The van der Waals surface area contributed by atoms with Crippen molar-refractivity contribution >= 4 is 51.6 Å². The van der Waals surface area contributed by atoms with Crippen molar-refractivity contribution in [2.45, 2.75) is 31.0 Å². The molecule has 4 aliphatic heterocycles. The van der Waals surface area contributed by atoms with E-state index in [-0.39, 0.29) is 5.60 Å². The first kappa shape index (κ1) is 22.9. The van der Waals surface area contributed by atoms with E-state index in [4.69, 9.17) is 37.9 Å². The van der Waals surface area contributed by atoms with Crippen LogP contribution in [-0.4, -0.2) is 58.2 Å².